The summed E-state index contributed by atoms with van der Waals surface area (Å²) in [4.78, 5) is 0. The first-order chi connectivity index (χ1) is 2.91. The number of unbranched alkanes of at least 4 members (excludes halogenated alkanes) is 1. The van der Waals surface area contributed by atoms with Gasteiger partial charge in [0.05, 0.1) is 0 Å². The third-order valence-corrected chi connectivity index (χ3v) is 0.780. The zero-order valence-electron chi connectivity index (χ0n) is 5.12. The minimum Gasteiger partial charge on any atom is -0.412 e. The Labute approximate surface area is 45.2 Å². The molecule has 0 fully saturated rings. The predicted molar refractivity (Wildman–Crippen MR) is 32.4 cm³/mol. The molecule has 0 unspecified atom stereocenters. The summed E-state index contributed by atoms with van der Waals surface area (Å²) in [6, 6.07) is 0. The smallest absolute Gasteiger partial charge is 0.00520 e. The van der Waals surface area contributed by atoms with Crippen LogP contribution >= 0.6 is 0 Å². The highest BCUT2D eigenvalue weighted by Crippen LogP contribution is 1.79. The van der Waals surface area contributed by atoms with E-state index < -0.39 is 0 Å². The Morgan fingerprint density at radius 3 is 2.14 bits per heavy atom. The van der Waals surface area contributed by atoms with Gasteiger partial charge < -0.3 is 10.8 Å². The molecule has 0 aromatic rings. The molecule has 0 atom stereocenters. The number of rotatable bonds is 3. The highest BCUT2D eigenvalue weighted by molar-refractivity contribution is 4.34. The van der Waals surface area contributed by atoms with E-state index in [1.54, 1.807) is 0 Å². The molecule has 2 heteroatoms. The Morgan fingerprint density at radius 1 is 1.43 bits per heavy atom. The van der Waals surface area contributed by atoms with Crippen molar-refractivity contribution in [1.29, 1.82) is 0 Å². The maximum absolute atomic E-state index is 3.07. The lowest BCUT2D eigenvalue weighted by molar-refractivity contribution is 0.711. The van der Waals surface area contributed by atoms with Crippen molar-refractivity contribution < 1.29 is 5.48 Å². The monoisotopic (exact) mass is 105 g/mol. The van der Waals surface area contributed by atoms with Crippen LogP contribution in [0, 0.1) is 0 Å². The second kappa shape index (κ2) is 9.33. The zero-order valence-corrected chi connectivity index (χ0v) is 5.12. The lowest BCUT2D eigenvalue weighted by Crippen LogP contribution is -2.06. The van der Waals surface area contributed by atoms with Gasteiger partial charge >= 0.3 is 0 Å². The van der Waals surface area contributed by atoms with Crippen LogP contribution in [0.4, 0.5) is 0 Å². The third kappa shape index (κ3) is 10.7. The van der Waals surface area contributed by atoms with Gasteiger partial charge in [0, 0.05) is 0 Å². The number of nitrogens with one attached hydrogen (secondary N) is 1. The normalized spacial score (nSPS) is 7.71. The number of hydrogen-bond donors (Lipinski definition) is 1. The first-order valence-corrected chi connectivity index (χ1v) is 2.56. The maximum atomic E-state index is 3.07. The fourth-order valence-corrected chi connectivity index (χ4v) is 0.354. The van der Waals surface area contributed by atoms with Crippen molar-refractivity contribution in [2.24, 2.45) is 0 Å². The van der Waals surface area contributed by atoms with Crippen LogP contribution in [0.2, 0.25) is 0 Å². The molecule has 46 valence electrons. The zero-order chi connectivity index (χ0) is 4.83. The largest absolute Gasteiger partial charge is 0.412 e. The fraction of sp³-hybridized carbons (Fsp3) is 1.00. The summed E-state index contributed by atoms with van der Waals surface area (Å²) in [7, 11) is 1.98. The molecule has 0 spiro atoms. The molecular weight excluding hydrogens is 90.1 g/mol. The van der Waals surface area contributed by atoms with E-state index in [-0.39, 0.29) is 5.48 Å². The molecular formula is C5H15NO. The van der Waals surface area contributed by atoms with Crippen molar-refractivity contribution in [3.05, 3.63) is 0 Å². The summed E-state index contributed by atoms with van der Waals surface area (Å²) in [5.41, 5.74) is 0. The molecule has 3 N–H and O–H groups in total. The first kappa shape index (κ1) is 10.0. The molecule has 0 aromatic carbocycles. The summed E-state index contributed by atoms with van der Waals surface area (Å²) in [6.07, 6.45) is 2.59. The Balaban J connectivity index is 0. The standard InChI is InChI=1S/C5H13N.H2O/c1-3-4-5-6-2;/h6H,3-5H2,1-2H3;1H2. The summed E-state index contributed by atoms with van der Waals surface area (Å²) >= 11 is 0. The van der Waals surface area contributed by atoms with E-state index >= 15 is 0 Å². The molecule has 0 radical (unpaired) electrons. The molecule has 7 heavy (non-hydrogen) atoms. The molecule has 0 aromatic heterocycles. The van der Waals surface area contributed by atoms with Gasteiger partial charge in [0.1, 0.15) is 0 Å². The van der Waals surface area contributed by atoms with Crippen molar-refractivity contribution in [3.63, 3.8) is 0 Å². The number of hydrogen-bond acceptors (Lipinski definition) is 1. The van der Waals surface area contributed by atoms with E-state index in [9.17, 15) is 0 Å². The van der Waals surface area contributed by atoms with Gasteiger partial charge in [-0.15, -0.1) is 0 Å². The quantitative estimate of drug-likeness (QED) is 0.511. The van der Waals surface area contributed by atoms with E-state index in [1.165, 1.54) is 12.8 Å². The van der Waals surface area contributed by atoms with E-state index in [0.29, 0.717) is 0 Å². The van der Waals surface area contributed by atoms with Gasteiger partial charge in [0.25, 0.3) is 0 Å². The van der Waals surface area contributed by atoms with E-state index in [1.807, 2.05) is 7.05 Å². The SMILES string of the molecule is CCCCNC.O. The minimum atomic E-state index is 0. The Morgan fingerprint density at radius 2 is 2.00 bits per heavy atom. The van der Waals surface area contributed by atoms with Crippen molar-refractivity contribution in [2.75, 3.05) is 13.6 Å². The minimum absolute atomic E-state index is 0. The van der Waals surface area contributed by atoms with Gasteiger partial charge in [-0.05, 0) is 20.0 Å². The van der Waals surface area contributed by atoms with Crippen LogP contribution in [0.3, 0.4) is 0 Å². The summed E-state index contributed by atoms with van der Waals surface area (Å²) < 4.78 is 0. The third-order valence-electron chi connectivity index (χ3n) is 0.780. The Hall–Kier alpha value is -0.0800. The predicted octanol–water partition coefficient (Wildman–Crippen LogP) is 0.181. The summed E-state index contributed by atoms with van der Waals surface area (Å²) in [5.74, 6) is 0. The Kier molecular flexibility index (Phi) is 13.3. The van der Waals surface area contributed by atoms with Crippen LogP contribution in [0.5, 0.6) is 0 Å². The average Bonchev–Trinajstić information content (AvgIpc) is 1.61. The maximum Gasteiger partial charge on any atom is -0.00520 e. The average molecular weight is 105 g/mol. The van der Waals surface area contributed by atoms with Crippen molar-refractivity contribution >= 4 is 0 Å². The van der Waals surface area contributed by atoms with E-state index in [0.717, 1.165) is 6.54 Å². The van der Waals surface area contributed by atoms with Crippen molar-refractivity contribution in [1.82, 2.24) is 5.32 Å². The molecule has 0 rings (SSSR count). The molecule has 0 amide bonds. The van der Waals surface area contributed by atoms with Gasteiger partial charge in [-0.2, -0.15) is 0 Å². The van der Waals surface area contributed by atoms with Gasteiger partial charge in [-0.1, -0.05) is 13.3 Å². The van der Waals surface area contributed by atoms with Crippen molar-refractivity contribution in [2.45, 2.75) is 19.8 Å². The molecule has 0 bridgehead atoms. The van der Waals surface area contributed by atoms with Crippen LogP contribution in [0.1, 0.15) is 19.8 Å². The molecule has 0 aliphatic carbocycles. The first-order valence-electron chi connectivity index (χ1n) is 2.56. The molecule has 0 heterocycles. The van der Waals surface area contributed by atoms with E-state index in [4.69, 9.17) is 0 Å². The van der Waals surface area contributed by atoms with Crippen LogP contribution in [0.25, 0.3) is 0 Å². The van der Waals surface area contributed by atoms with E-state index in [2.05, 4.69) is 12.2 Å². The van der Waals surface area contributed by atoms with Gasteiger partial charge in [-0.25, -0.2) is 0 Å². The van der Waals surface area contributed by atoms with Crippen LogP contribution in [0.15, 0.2) is 0 Å². The van der Waals surface area contributed by atoms with Gasteiger partial charge in [0.15, 0.2) is 0 Å². The highest BCUT2D eigenvalue weighted by atomic mass is 16.0. The molecule has 0 aliphatic rings. The van der Waals surface area contributed by atoms with Crippen LogP contribution in [-0.4, -0.2) is 19.1 Å². The van der Waals surface area contributed by atoms with Crippen LogP contribution in [-0.2, 0) is 0 Å². The fourth-order valence-electron chi connectivity index (χ4n) is 0.354. The lowest BCUT2D eigenvalue weighted by atomic mass is 10.3. The second-order valence-electron chi connectivity index (χ2n) is 1.46. The Bertz CT molecular complexity index is 20.0. The molecule has 2 nitrogen and oxygen atoms in total. The highest BCUT2D eigenvalue weighted by Gasteiger charge is 1.73. The topological polar surface area (TPSA) is 43.5 Å². The van der Waals surface area contributed by atoms with Gasteiger partial charge in [-0.3, -0.25) is 0 Å². The van der Waals surface area contributed by atoms with Crippen LogP contribution < -0.4 is 5.32 Å². The molecule has 0 aliphatic heterocycles. The lowest BCUT2D eigenvalue weighted by Gasteiger charge is -1.89. The van der Waals surface area contributed by atoms with Crippen molar-refractivity contribution in [3.8, 4) is 0 Å². The summed E-state index contributed by atoms with van der Waals surface area (Å²) in [6.45, 7) is 3.36. The second-order valence-corrected chi connectivity index (χ2v) is 1.46. The summed E-state index contributed by atoms with van der Waals surface area (Å²) in [5, 5.41) is 3.07. The molecule has 0 saturated heterocycles. The van der Waals surface area contributed by atoms with Gasteiger partial charge in [0.2, 0.25) is 0 Å². The molecule has 0 saturated carbocycles.